The van der Waals surface area contributed by atoms with Gasteiger partial charge >= 0.3 is 0 Å². The Labute approximate surface area is 104 Å². The normalized spacial score (nSPS) is 27.9. The van der Waals surface area contributed by atoms with E-state index in [0.717, 1.165) is 37.0 Å². The van der Waals surface area contributed by atoms with Crippen molar-refractivity contribution in [1.29, 1.82) is 0 Å². The first kappa shape index (κ1) is 12.6. The largest absolute Gasteiger partial charge is 0.387 e. The monoisotopic (exact) mass is 233 g/mol. The highest BCUT2D eigenvalue weighted by atomic mass is 16.3. The van der Waals surface area contributed by atoms with Crippen LogP contribution in [0.3, 0.4) is 0 Å². The fourth-order valence-corrected chi connectivity index (χ4v) is 2.97. The predicted octanol–water partition coefficient (Wildman–Crippen LogP) is 2.70. The van der Waals surface area contributed by atoms with Gasteiger partial charge in [-0.25, -0.2) is 0 Å². The van der Waals surface area contributed by atoms with Crippen LogP contribution in [-0.4, -0.2) is 29.6 Å². The van der Waals surface area contributed by atoms with Crippen LogP contribution in [0.2, 0.25) is 0 Å². The lowest BCUT2D eigenvalue weighted by Crippen LogP contribution is -2.40. The Kier molecular flexibility index (Phi) is 4.19. The van der Waals surface area contributed by atoms with E-state index in [4.69, 9.17) is 0 Å². The van der Waals surface area contributed by atoms with Crippen molar-refractivity contribution < 1.29 is 5.11 Å². The highest BCUT2D eigenvalue weighted by molar-refractivity contribution is 5.17. The van der Waals surface area contributed by atoms with Gasteiger partial charge in [0.2, 0.25) is 0 Å². The quantitative estimate of drug-likeness (QED) is 0.867. The Morgan fingerprint density at radius 2 is 1.76 bits per heavy atom. The van der Waals surface area contributed by atoms with E-state index in [1.165, 1.54) is 6.42 Å². The summed E-state index contributed by atoms with van der Waals surface area (Å²) in [5, 5.41) is 10.2. The lowest BCUT2D eigenvalue weighted by atomic mass is 9.91. The van der Waals surface area contributed by atoms with Gasteiger partial charge in [0.05, 0.1) is 6.10 Å². The summed E-state index contributed by atoms with van der Waals surface area (Å²) in [4.78, 5) is 2.40. The van der Waals surface area contributed by atoms with E-state index in [1.807, 2.05) is 30.3 Å². The molecule has 2 nitrogen and oxygen atoms in total. The van der Waals surface area contributed by atoms with Crippen LogP contribution in [0, 0.1) is 11.8 Å². The molecule has 1 saturated heterocycles. The predicted molar refractivity (Wildman–Crippen MR) is 70.8 cm³/mol. The van der Waals surface area contributed by atoms with E-state index >= 15 is 0 Å². The summed E-state index contributed by atoms with van der Waals surface area (Å²) in [6.45, 7) is 7.61. The molecule has 2 heteroatoms. The molecule has 1 N–H and O–H groups in total. The lowest BCUT2D eigenvalue weighted by Gasteiger charge is -2.36. The molecule has 1 aliphatic rings. The fourth-order valence-electron chi connectivity index (χ4n) is 2.97. The van der Waals surface area contributed by atoms with Crippen molar-refractivity contribution in [2.45, 2.75) is 26.4 Å². The number of β-amino-alcohol motifs (C(OH)–C–C–N with tert-alkyl or cyclic N) is 1. The van der Waals surface area contributed by atoms with E-state index < -0.39 is 0 Å². The minimum absolute atomic E-state index is 0.353. The highest BCUT2D eigenvalue weighted by Crippen LogP contribution is 2.23. The third-order valence-electron chi connectivity index (χ3n) is 3.56. The Hall–Kier alpha value is -0.860. The minimum Gasteiger partial charge on any atom is -0.387 e. The van der Waals surface area contributed by atoms with Crippen LogP contribution in [0.1, 0.15) is 31.9 Å². The number of aliphatic hydroxyl groups excluding tert-OH is 1. The van der Waals surface area contributed by atoms with Gasteiger partial charge in [-0.15, -0.1) is 0 Å². The van der Waals surface area contributed by atoms with Gasteiger partial charge in [0.25, 0.3) is 0 Å². The number of hydrogen-bond donors (Lipinski definition) is 1. The molecule has 1 fully saturated rings. The van der Waals surface area contributed by atoms with Gasteiger partial charge < -0.3 is 5.11 Å². The summed E-state index contributed by atoms with van der Waals surface area (Å²) in [5.41, 5.74) is 1.03. The summed E-state index contributed by atoms with van der Waals surface area (Å²) in [5.74, 6) is 1.50. The fraction of sp³-hybridized carbons (Fsp3) is 0.600. The Morgan fingerprint density at radius 3 is 2.35 bits per heavy atom. The Bertz CT molecular complexity index is 328. The average molecular weight is 233 g/mol. The van der Waals surface area contributed by atoms with E-state index in [9.17, 15) is 5.11 Å². The summed E-state index contributed by atoms with van der Waals surface area (Å²) in [6, 6.07) is 9.96. The molecule has 94 valence electrons. The van der Waals surface area contributed by atoms with Crippen molar-refractivity contribution in [2.24, 2.45) is 11.8 Å². The van der Waals surface area contributed by atoms with Crippen LogP contribution in [0.4, 0.5) is 0 Å². The van der Waals surface area contributed by atoms with Crippen LogP contribution in [0.25, 0.3) is 0 Å². The van der Waals surface area contributed by atoms with Gasteiger partial charge in [0.15, 0.2) is 0 Å². The molecule has 1 aromatic carbocycles. The molecule has 0 bridgehead atoms. The van der Waals surface area contributed by atoms with Gasteiger partial charge in [0, 0.05) is 19.6 Å². The van der Waals surface area contributed by atoms with E-state index in [1.54, 1.807) is 0 Å². The molecule has 3 atom stereocenters. The molecule has 1 aliphatic heterocycles. The second-order valence-electron chi connectivity index (χ2n) is 5.59. The SMILES string of the molecule is C[C@@H]1C[C@H](C)CN(C[C@H](O)c2ccccc2)C1. The number of rotatable bonds is 3. The maximum Gasteiger partial charge on any atom is 0.0916 e. The minimum atomic E-state index is -0.353. The standard InChI is InChI=1S/C15H23NO/c1-12-8-13(2)10-16(9-12)11-15(17)14-6-4-3-5-7-14/h3-7,12-13,15,17H,8-11H2,1-2H3/t12-,13+,15-/m0/s1. The average Bonchev–Trinajstić information content (AvgIpc) is 2.28. The van der Waals surface area contributed by atoms with Gasteiger partial charge in [0.1, 0.15) is 0 Å². The lowest BCUT2D eigenvalue weighted by molar-refractivity contribution is 0.0699. The molecular weight excluding hydrogens is 210 g/mol. The van der Waals surface area contributed by atoms with Crippen LogP contribution in [0.5, 0.6) is 0 Å². The molecule has 0 spiro atoms. The first-order chi connectivity index (χ1) is 8.15. The van der Waals surface area contributed by atoms with Gasteiger partial charge in [-0.2, -0.15) is 0 Å². The molecule has 1 heterocycles. The number of hydrogen-bond acceptors (Lipinski definition) is 2. The van der Waals surface area contributed by atoms with E-state index in [0.29, 0.717) is 0 Å². The molecule has 1 aromatic rings. The number of aliphatic hydroxyl groups is 1. The smallest absolute Gasteiger partial charge is 0.0916 e. The molecule has 0 radical (unpaired) electrons. The number of nitrogens with zero attached hydrogens (tertiary/aromatic N) is 1. The summed E-state index contributed by atoms with van der Waals surface area (Å²) >= 11 is 0. The maximum absolute atomic E-state index is 10.2. The molecule has 0 amide bonds. The maximum atomic E-state index is 10.2. The zero-order valence-electron chi connectivity index (χ0n) is 10.8. The zero-order chi connectivity index (χ0) is 12.3. The van der Waals surface area contributed by atoms with Crippen LogP contribution in [0.15, 0.2) is 30.3 Å². The summed E-state index contributed by atoms with van der Waals surface area (Å²) in [6.07, 6.45) is 0.964. The molecule has 17 heavy (non-hydrogen) atoms. The van der Waals surface area contributed by atoms with Gasteiger partial charge in [-0.1, -0.05) is 44.2 Å². The number of likely N-dealkylation sites (tertiary alicyclic amines) is 1. The van der Waals surface area contributed by atoms with E-state index in [2.05, 4.69) is 18.7 Å². The van der Waals surface area contributed by atoms with Crippen molar-refractivity contribution in [3.63, 3.8) is 0 Å². The number of benzene rings is 1. The zero-order valence-corrected chi connectivity index (χ0v) is 10.8. The molecular formula is C15H23NO. The van der Waals surface area contributed by atoms with Gasteiger partial charge in [-0.3, -0.25) is 4.90 Å². The van der Waals surface area contributed by atoms with Crippen molar-refractivity contribution in [3.05, 3.63) is 35.9 Å². The molecule has 0 aliphatic carbocycles. The van der Waals surface area contributed by atoms with Crippen molar-refractivity contribution in [3.8, 4) is 0 Å². The third kappa shape index (κ3) is 3.55. The van der Waals surface area contributed by atoms with Crippen LogP contribution >= 0.6 is 0 Å². The molecule has 0 unspecified atom stereocenters. The molecule has 0 saturated carbocycles. The third-order valence-corrected chi connectivity index (χ3v) is 3.56. The molecule has 2 rings (SSSR count). The summed E-state index contributed by atoms with van der Waals surface area (Å²) in [7, 11) is 0. The number of piperidine rings is 1. The first-order valence-corrected chi connectivity index (χ1v) is 6.60. The topological polar surface area (TPSA) is 23.5 Å². The summed E-state index contributed by atoms with van der Waals surface area (Å²) < 4.78 is 0. The van der Waals surface area contributed by atoms with Crippen molar-refractivity contribution in [2.75, 3.05) is 19.6 Å². The first-order valence-electron chi connectivity index (χ1n) is 6.60. The second kappa shape index (κ2) is 5.65. The van der Waals surface area contributed by atoms with Crippen LogP contribution < -0.4 is 0 Å². The Balaban J connectivity index is 1.92. The van der Waals surface area contributed by atoms with Crippen molar-refractivity contribution >= 4 is 0 Å². The Morgan fingerprint density at radius 1 is 1.18 bits per heavy atom. The van der Waals surface area contributed by atoms with Crippen molar-refractivity contribution in [1.82, 2.24) is 4.90 Å². The molecule has 0 aromatic heterocycles. The highest BCUT2D eigenvalue weighted by Gasteiger charge is 2.23. The van der Waals surface area contributed by atoms with Crippen LogP contribution in [-0.2, 0) is 0 Å². The van der Waals surface area contributed by atoms with E-state index in [-0.39, 0.29) is 6.10 Å². The second-order valence-corrected chi connectivity index (χ2v) is 5.59. The van der Waals surface area contributed by atoms with Gasteiger partial charge in [-0.05, 0) is 23.8 Å².